The van der Waals surface area contributed by atoms with Crippen molar-refractivity contribution < 1.29 is 18.7 Å². The molecule has 0 aliphatic carbocycles. The summed E-state index contributed by atoms with van der Waals surface area (Å²) in [7, 11) is 0. The van der Waals surface area contributed by atoms with Crippen molar-refractivity contribution in [1.29, 1.82) is 0 Å². The van der Waals surface area contributed by atoms with Crippen LogP contribution in [0.4, 0.5) is 4.39 Å². The summed E-state index contributed by atoms with van der Waals surface area (Å²) in [5, 5.41) is 8.33. The van der Waals surface area contributed by atoms with Gasteiger partial charge in [-0.25, -0.2) is 9.07 Å². The number of nitrogen functional groups attached to an aromatic ring is 1. The molecule has 2 N–H and O–H groups in total. The number of nitrogens with two attached hydrogens (primary N) is 1. The van der Waals surface area contributed by atoms with E-state index in [1.54, 1.807) is 12.1 Å². The summed E-state index contributed by atoms with van der Waals surface area (Å²) in [4.78, 5) is 22.3. The zero-order chi connectivity index (χ0) is 16.4. The van der Waals surface area contributed by atoms with Crippen molar-refractivity contribution in [3.05, 3.63) is 41.9 Å². The average Bonchev–Trinajstić information content (AvgIpc) is 2.90. The van der Waals surface area contributed by atoms with Gasteiger partial charge < -0.3 is 10.6 Å². The van der Waals surface area contributed by atoms with E-state index in [1.807, 2.05) is 0 Å². The average molecular weight is 334 g/mol. The third kappa shape index (κ3) is 3.24. The highest BCUT2D eigenvalue weighted by atomic mass is 32.2. The summed E-state index contributed by atoms with van der Waals surface area (Å²) >= 11 is 1.21. The van der Waals surface area contributed by atoms with E-state index in [-0.39, 0.29) is 18.2 Å². The van der Waals surface area contributed by atoms with Gasteiger partial charge in [-0.2, -0.15) is 0 Å². The zero-order valence-electron chi connectivity index (χ0n) is 11.7. The Balaban J connectivity index is 1.73. The zero-order valence-corrected chi connectivity index (χ0v) is 12.5. The maximum atomic E-state index is 12.9. The molecule has 3 rings (SSSR count). The van der Waals surface area contributed by atoms with Crippen molar-refractivity contribution in [2.75, 3.05) is 18.2 Å². The first kappa shape index (κ1) is 15.2. The molecule has 0 radical (unpaired) electrons. The van der Waals surface area contributed by atoms with E-state index in [0.29, 0.717) is 22.3 Å². The number of nitrogens with zero attached hydrogens (tertiary/aromatic N) is 3. The molecule has 0 bridgehead atoms. The number of carbonyl (C=O) groups excluding carboxylic acids is 2. The van der Waals surface area contributed by atoms with Gasteiger partial charge in [0.05, 0.1) is 5.75 Å². The Kier molecular flexibility index (Phi) is 4.11. The molecule has 0 unspecified atom stereocenters. The SMILES string of the molecule is Nn1c(SCC2=CC(=O)C(=O)CO2)nnc1-c1ccc(F)cc1. The summed E-state index contributed by atoms with van der Waals surface area (Å²) in [6, 6.07) is 5.71. The van der Waals surface area contributed by atoms with Crippen LogP contribution in [0.3, 0.4) is 0 Å². The maximum absolute atomic E-state index is 12.9. The van der Waals surface area contributed by atoms with Crippen LogP contribution in [-0.4, -0.2) is 38.8 Å². The van der Waals surface area contributed by atoms with E-state index in [9.17, 15) is 14.0 Å². The van der Waals surface area contributed by atoms with E-state index >= 15 is 0 Å². The van der Waals surface area contributed by atoms with Crippen LogP contribution in [0, 0.1) is 5.82 Å². The maximum Gasteiger partial charge on any atom is 0.240 e. The van der Waals surface area contributed by atoms with Gasteiger partial charge in [-0.3, -0.25) is 9.59 Å². The summed E-state index contributed by atoms with van der Waals surface area (Å²) in [6.07, 6.45) is 1.16. The van der Waals surface area contributed by atoms with Crippen LogP contribution in [0.1, 0.15) is 0 Å². The molecular weight excluding hydrogens is 323 g/mol. The fourth-order valence-corrected chi connectivity index (χ4v) is 2.65. The number of aromatic nitrogens is 3. The number of Topliss-reactive ketones (excluding diaryl/α,β-unsaturated/α-hetero) is 1. The number of benzene rings is 1. The summed E-state index contributed by atoms with van der Waals surface area (Å²) in [6.45, 7) is -0.249. The quantitative estimate of drug-likeness (QED) is 0.504. The Morgan fingerprint density at radius 1 is 1.26 bits per heavy atom. The molecule has 2 heterocycles. The number of halogens is 1. The molecule has 0 amide bonds. The third-order valence-corrected chi connectivity index (χ3v) is 4.03. The normalized spacial score (nSPS) is 14.6. The lowest BCUT2D eigenvalue weighted by Gasteiger charge is -2.12. The molecule has 7 nitrogen and oxygen atoms in total. The topological polar surface area (TPSA) is 100 Å². The molecule has 23 heavy (non-hydrogen) atoms. The first-order valence-corrected chi connectivity index (χ1v) is 7.53. The molecule has 9 heteroatoms. The Bertz CT molecular complexity index is 801. The van der Waals surface area contributed by atoms with Crippen LogP contribution < -0.4 is 5.84 Å². The highest BCUT2D eigenvalue weighted by Crippen LogP contribution is 2.24. The minimum atomic E-state index is -0.576. The van der Waals surface area contributed by atoms with Crippen molar-refractivity contribution in [1.82, 2.24) is 14.9 Å². The fraction of sp³-hybridized carbons (Fsp3) is 0.143. The van der Waals surface area contributed by atoms with Crippen LogP contribution >= 0.6 is 11.8 Å². The monoisotopic (exact) mass is 334 g/mol. The van der Waals surface area contributed by atoms with Crippen LogP contribution in [0.2, 0.25) is 0 Å². The molecule has 0 saturated carbocycles. The van der Waals surface area contributed by atoms with Gasteiger partial charge in [0.25, 0.3) is 0 Å². The smallest absolute Gasteiger partial charge is 0.240 e. The second-order valence-corrected chi connectivity index (χ2v) is 5.60. The molecule has 1 aliphatic heterocycles. The standard InChI is InChI=1S/C14H11FN4O3S/c15-9-3-1-8(2-4-9)13-17-18-14(19(13)16)23-7-10-5-11(20)12(21)6-22-10/h1-5H,6-7,16H2. The number of carbonyl (C=O) groups is 2. The van der Waals surface area contributed by atoms with Crippen LogP contribution in [0.5, 0.6) is 0 Å². The molecule has 0 fully saturated rings. The van der Waals surface area contributed by atoms with Gasteiger partial charge in [0.1, 0.15) is 11.6 Å². The van der Waals surface area contributed by atoms with Crippen molar-refractivity contribution in [3.8, 4) is 11.4 Å². The van der Waals surface area contributed by atoms with Gasteiger partial charge in [-0.1, -0.05) is 11.8 Å². The van der Waals surface area contributed by atoms with E-state index < -0.39 is 11.6 Å². The Morgan fingerprint density at radius 3 is 2.70 bits per heavy atom. The molecule has 1 aliphatic rings. The van der Waals surface area contributed by atoms with E-state index in [0.717, 1.165) is 6.08 Å². The Hall–Kier alpha value is -2.68. The number of ether oxygens (including phenoxy) is 1. The molecule has 1 aromatic carbocycles. The summed E-state index contributed by atoms with van der Waals surface area (Å²) < 4.78 is 19.4. The Morgan fingerprint density at radius 2 is 2.00 bits per heavy atom. The van der Waals surface area contributed by atoms with Gasteiger partial charge >= 0.3 is 0 Å². The molecule has 0 atom stereocenters. The third-order valence-electron chi connectivity index (χ3n) is 3.07. The van der Waals surface area contributed by atoms with E-state index in [4.69, 9.17) is 10.6 Å². The molecular formula is C14H11FN4O3S. The van der Waals surface area contributed by atoms with Gasteiger partial charge in [0.2, 0.25) is 16.7 Å². The van der Waals surface area contributed by atoms with E-state index in [2.05, 4.69) is 10.2 Å². The van der Waals surface area contributed by atoms with Crippen molar-refractivity contribution in [2.24, 2.45) is 0 Å². The largest absolute Gasteiger partial charge is 0.489 e. The predicted octanol–water partition coefficient (Wildman–Crippen LogP) is 0.942. The highest BCUT2D eigenvalue weighted by Gasteiger charge is 2.21. The lowest BCUT2D eigenvalue weighted by atomic mass is 10.2. The molecule has 1 aromatic heterocycles. The Labute approximate surface area is 134 Å². The van der Waals surface area contributed by atoms with Gasteiger partial charge in [0, 0.05) is 11.6 Å². The first-order chi connectivity index (χ1) is 11.0. The second-order valence-electron chi connectivity index (χ2n) is 4.66. The number of rotatable bonds is 4. The van der Waals surface area contributed by atoms with E-state index in [1.165, 1.54) is 28.6 Å². The van der Waals surface area contributed by atoms with Crippen molar-refractivity contribution in [2.45, 2.75) is 5.16 Å². The second kappa shape index (κ2) is 6.21. The first-order valence-electron chi connectivity index (χ1n) is 6.54. The van der Waals surface area contributed by atoms with Gasteiger partial charge in [-0.15, -0.1) is 10.2 Å². The number of ketones is 2. The highest BCUT2D eigenvalue weighted by molar-refractivity contribution is 7.99. The lowest BCUT2D eigenvalue weighted by molar-refractivity contribution is -0.137. The van der Waals surface area contributed by atoms with Crippen LogP contribution in [0.25, 0.3) is 11.4 Å². The molecule has 118 valence electrons. The van der Waals surface area contributed by atoms with Gasteiger partial charge in [0.15, 0.2) is 12.4 Å². The fourth-order valence-electron chi connectivity index (χ4n) is 1.89. The number of hydrogen-bond acceptors (Lipinski definition) is 7. The van der Waals surface area contributed by atoms with Crippen molar-refractivity contribution >= 4 is 23.3 Å². The molecule has 2 aromatic rings. The molecule has 0 spiro atoms. The minimum absolute atomic E-state index is 0.249. The summed E-state index contributed by atoms with van der Waals surface area (Å²) in [5.74, 6) is 5.49. The minimum Gasteiger partial charge on any atom is -0.489 e. The lowest BCUT2D eigenvalue weighted by Crippen LogP contribution is -2.23. The van der Waals surface area contributed by atoms with Crippen molar-refractivity contribution in [3.63, 3.8) is 0 Å². The summed E-state index contributed by atoms with van der Waals surface area (Å²) in [5.41, 5.74) is 0.627. The van der Waals surface area contributed by atoms with Gasteiger partial charge in [-0.05, 0) is 24.3 Å². The number of thioether (sulfide) groups is 1. The van der Waals surface area contributed by atoms with Crippen LogP contribution in [-0.2, 0) is 14.3 Å². The number of allylic oxidation sites excluding steroid dienone is 1. The predicted molar refractivity (Wildman–Crippen MR) is 80.3 cm³/mol. The number of hydrogen-bond donors (Lipinski definition) is 1. The van der Waals surface area contributed by atoms with Crippen LogP contribution in [0.15, 0.2) is 41.3 Å². The molecule has 0 saturated heterocycles.